The number of nitrogens with two attached hydrogens (primary N) is 1. The van der Waals surface area contributed by atoms with Gasteiger partial charge in [-0.2, -0.15) is 0 Å². The summed E-state index contributed by atoms with van der Waals surface area (Å²) >= 11 is 0. The van der Waals surface area contributed by atoms with E-state index in [1.54, 1.807) is 0 Å². The highest BCUT2D eigenvalue weighted by Gasteiger charge is 2.16. The zero-order valence-electron chi connectivity index (χ0n) is 13.0. The van der Waals surface area contributed by atoms with Crippen LogP contribution >= 0.6 is 0 Å². The molecular weight excluding hydrogens is 244 g/mol. The monoisotopic (exact) mass is 268 g/mol. The lowest BCUT2D eigenvalue weighted by molar-refractivity contribution is 0.632. The third-order valence-corrected chi connectivity index (χ3v) is 3.94. The second-order valence-electron chi connectivity index (χ2n) is 5.81. The van der Waals surface area contributed by atoms with Crippen LogP contribution < -0.4 is 11.3 Å². The van der Waals surface area contributed by atoms with Crippen molar-refractivity contribution in [2.75, 3.05) is 0 Å². The molecule has 2 heteroatoms. The average molecular weight is 268 g/mol. The van der Waals surface area contributed by atoms with Crippen LogP contribution in [0.3, 0.4) is 0 Å². The van der Waals surface area contributed by atoms with Crippen molar-refractivity contribution in [3.05, 3.63) is 69.3 Å². The van der Waals surface area contributed by atoms with E-state index in [1.165, 1.54) is 38.9 Å². The van der Waals surface area contributed by atoms with Gasteiger partial charge in [0.05, 0.1) is 6.04 Å². The van der Waals surface area contributed by atoms with Crippen LogP contribution in [0.5, 0.6) is 0 Å². The Labute approximate surface area is 122 Å². The summed E-state index contributed by atoms with van der Waals surface area (Å²) < 4.78 is 0. The van der Waals surface area contributed by atoms with Gasteiger partial charge in [0.15, 0.2) is 0 Å². The highest BCUT2D eigenvalue weighted by Crippen LogP contribution is 2.28. The summed E-state index contributed by atoms with van der Waals surface area (Å²) in [6.45, 7) is 10.7. The van der Waals surface area contributed by atoms with E-state index in [0.717, 1.165) is 0 Å². The van der Waals surface area contributed by atoms with E-state index >= 15 is 0 Å². The minimum absolute atomic E-state index is 0.0351. The first-order chi connectivity index (χ1) is 9.42. The molecule has 0 aliphatic rings. The fourth-order valence-electron chi connectivity index (χ4n) is 2.84. The zero-order valence-corrected chi connectivity index (χ0v) is 13.0. The molecule has 0 heterocycles. The predicted octanol–water partition coefficient (Wildman–Crippen LogP) is 3.78. The van der Waals surface area contributed by atoms with E-state index in [2.05, 4.69) is 70.4 Å². The van der Waals surface area contributed by atoms with E-state index in [-0.39, 0.29) is 6.04 Å². The smallest absolute Gasteiger partial charge is 0.0712 e. The summed E-state index contributed by atoms with van der Waals surface area (Å²) in [5.41, 5.74) is 11.9. The normalized spacial score (nSPS) is 12.5. The van der Waals surface area contributed by atoms with Crippen LogP contribution in [0.15, 0.2) is 30.3 Å². The first kappa shape index (κ1) is 14.8. The Bertz CT molecular complexity index is 609. The molecule has 1 atom stereocenters. The van der Waals surface area contributed by atoms with E-state index in [9.17, 15) is 0 Å². The van der Waals surface area contributed by atoms with Crippen LogP contribution in [0.4, 0.5) is 0 Å². The molecule has 0 aliphatic heterocycles. The van der Waals surface area contributed by atoms with Gasteiger partial charge in [0.25, 0.3) is 0 Å². The van der Waals surface area contributed by atoms with Crippen molar-refractivity contribution in [3.63, 3.8) is 0 Å². The maximum atomic E-state index is 5.84. The Morgan fingerprint density at radius 3 is 1.85 bits per heavy atom. The second kappa shape index (κ2) is 5.78. The van der Waals surface area contributed by atoms with Gasteiger partial charge in [-0.3, -0.25) is 5.84 Å². The summed E-state index contributed by atoms with van der Waals surface area (Å²) in [6.07, 6.45) is 0. The topological polar surface area (TPSA) is 38.0 Å². The van der Waals surface area contributed by atoms with Crippen LogP contribution in [0.2, 0.25) is 0 Å². The number of rotatable bonds is 3. The molecule has 3 N–H and O–H groups in total. The Morgan fingerprint density at radius 1 is 0.750 bits per heavy atom. The number of nitrogens with one attached hydrogen (secondary N) is 1. The number of aryl methyl sites for hydroxylation is 5. The van der Waals surface area contributed by atoms with Crippen molar-refractivity contribution in [1.82, 2.24) is 5.43 Å². The number of hydrazine groups is 1. The van der Waals surface area contributed by atoms with Gasteiger partial charge in [0, 0.05) is 0 Å². The molecule has 0 amide bonds. The molecule has 2 aromatic rings. The molecule has 0 saturated heterocycles. The second-order valence-corrected chi connectivity index (χ2v) is 5.81. The van der Waals surface area contributed by atoms with Crippen LogP contribution in [-0.2, 0) is 0 Å². The molecule has 2 nitrogen and oxygen atoms in total. The standard InChI is InChI=1S/C18H24N2/c1-11-6-12(2)8-16(7-11)18(20-19)17-10-14(4)13(3)9-15(17)5/h6-10,18,20H,19H2,1-5H3. The lowest BCUT2D eigenvalue weighted by atomic mass is 9.91. The van der Waals surface area contributed by atoms with Crippen LogP contribution in [-0.4, -0.2) is 0 Å². The molecule has 0 aliphatic carbocycles. The molecule has 1 unspecified atom stereocenters. The molecule has 0 aromatic heterocycles. The van der Waals surface area contributed by atoms with Crippen molar-refractivity contribution < 1.29 is 0 Å². The molecule has 0 saturated carbocycles. The van der Waals surface area contributed by atoms with Crippen molar-refractivity contribution in [2.45, 2.75) is 40.7 Å². The molecule has 2 rings (SSSR count). The maximum absolute atomic E-state index is 5.84. The number of hydrogen-bond acceptors (Lipinski definition) is 2. The highest BCUT2D eigenvalue weighted by atomic mass is 15.2. The summed E-state index contributed by atoms with van der Waals surface area (Å²) in [5, 5.41) is 0. The number of hydrogen-bond donors (Lipinski definition) is 2. The van der Waals surface area contributed by atoms with Crippen molar-refractivity contribution in [1.29, 1.82) is 0 Å². The largest absolute Gasteiger partial charge is 0.271 e. The molecule has 0 radical (unpaired) electrons. The van der Waals surface area contributed by atoms with E-state index < -0.39 is 0 Å². The van der Waals surface area contributed by atoms with E-state index in [0.29, 0.717) is 0 Å². The average Bonchev–Trinajstić information content (AvgIpc) is 2.35. The Kier molecular flexibility index (Phi) is 4.26. The van der Waals surface area contributed by atoms with Gasteiger partial charge >= 0.3 is 0 Å². The lowest BCUT2D eigenvalue weighted by Crippen LogP contribution is -2.29. The minimum Gasteiger partial charge on any atom is -0.271 e. The van der Waals surface area contributed by atoms with Gasteiger partial charge < -0.3 is 0 Å². The van der Waals surface area contributed by atoms with E-state index in [4.69, 9.17) is 5.84 Å². The molecule has 106 valence electrons. The third-order valence-electron chi connectivity index (χ3n) is 3.94. The van der Waals surface area contributed by atoms with Crippen molar-refractivity contribution >= 4 is 0 Å². The van der Waals surface area contributed by atoms with Gasteiger partial charge in [-0.15, -0.1) is 0 Å². The fraction of sp³-hybridized carbons (Fsp3) is 0.333. The fourth-order valence-corrected chi connectivity index (χ4v) is 2.84. The van der Waals surface area contributed by atoms with Gasteiger partial charge in [0.1, 0.15) is 0 Å². The van der Waals surface area contributed by atoms with Gasteiger partial charge in [-0.25, -0.2) is 5.43 Å². The molecule has 2 aromatic carbocycles. The molecular formula is C18H24N2. The Hall–Kier alpha value is -1.64. The van der Waals surface area contributed by atoms with Crippen molar-refractivity contribution in [3.8, 4) is 0 Å². The van der Waals surface area contributed by atoms with Gasteiger partial charge in [0.2, 0.25) is 0 Å². The molecule has 0 fully saturated rings. The van der Waals surface area contributed by atoms with Gasteiger partial charge in [-0.05, 0) is 62.4 Å². The SMILES string of the molecule is Cc1cc(C)cc(C(NN)c2cc(C)c(C)cc2C)c1. The summed E-state index contributed by atoms with van der Waals surface area (Å²) in [6, 6.07) is 11.1. The van der Waals surface area contributed by atoms with Crippen LogP contribution in [0.25, 0.3) is 0 Å². The zero-order chi connectivity index (χ0) is 14.9. The predicted molar refractivity (Wildman–Crippen MR) is 85.7 cm³/mol. The lowest BCUT2D eigenvalue weighted by Gasteiger charge is -2.21. The van der Waals surface area contributed by atoms with Crippen molar-refractivity contribution in [2.24, 2.45) is 5.84 Å². The summed E-state index contributed by atoms with van der Waals surface area (Å²) in [7, 11) is 0. The Balaban J connectivity index is 2.55. The Morgan fingerprint density at radius 2 is 1.30 bits per heavy atom. The third kappa shape index (κ3) is 2.92. The van der Waals surface area contributed by atoms with Crippen LogP contribution in [0, 0.1) is 34.6 Å². The minimum atomic E-state index is 0.0351. The quantitative estimate of drug-likeness (QED) is 0.656. The molecule has 0 spiro atoms. The highest BCUT2D eigenvalue weighted by molar-refractivity contribution is 5.43. The summed E-state index contributed by atoms with van der Waals surface area (Å²) in [4.78, 5) is 0. The molecule has 20 heavy (non-hydrogen) atoms. The van der Waals surface area contributed by atoms with Crippen LogP contribution in [0.1, 0.15) is 45.0 Å². The number of benzene rings is 2. The van der Waals surface area contributed by atoms with E-state index in [1.807, 2.05) is 0 Å². The molecule has 0 bridgehead atoms. The maximum Gasteiger partial charge on any atom is 0.0712 e. The first-order valence-corrected chi connectivity index (χ1v) is 7.04. The first-order valence-electron chi connectivity index (χ1n) is 7.04. The summed E-state index contributed by atoms with van der Waals surface area (Å²) in [5.74, 6) is 5.84. The van der Waals surface area contributed by atoms with Gasteiger partial charge in [-0.1, -0.05) is 41.5 Å².